The number of phenols is 1. The molecule has 1 aliphatic rings. The molecule has 0 spiro atoms. The first-order valence-corrected chi connectivity index (χ1v) is 3.71. The number of aromatic hydroxyl groups is 1. The number of ketones is 1. The summed E-state index contributed by atoms with van der Waals surface area (Å²) in [6.45, 7) is 1.58. The van der Waals surface area contributed by atoms with Crippen molar-refractivity contribution < 1.29 is 18.7 Å². The summed E-state index contributed by atoms with van der Waals surface area (Å²) >= 11 is 0. The number of aryl methyl sites for hydroxylation is 1. The van der Waals surface area contributed by atoms with Crippen molar-refractivity contribution in [2.45, 2.75) is 12.8 Å². The normalized spacial score (nSPS) is 17.9. The second-order valence-corrected chi connectivity index (χ2v) is 3.11. The Kier molecular flexibility index (Phi) is 1.30. The van der Waals surface area contributed by atoms with Crippen molar-refractivity contribution in [3.63, 3.8) is 0 Å². The lowest BCUT2D eigenvalue weighted by Crippen LogP contribution is -2.38. The van der Waals surface area contributed by atoms with Crippen molar-refractivity contribution in [2.75, 3.05) is 0 Å². The fourth-order valence-electron chi connectivity index (χ4n) is 1.47. The van der Waals surface area contributed by atoms with E-state index in [1.54, 1.807) is 6.92 Å². The minimum absolute atomic E-state index is 0.240. The molecule has 1 aromatic carbocycles. The van der Waals surface area contributed by atoms with Gasteiger partial charge in [0, 0.05) is 5.56 Å². The number of hydrogen-bond donors (Lipinski definition) is 1. The highest BCUT2D eigenvalue weighted by Crippen LogP contribution is 2.47. The van der Waals surface area contributed by atoms with Gasteiger partial charge in [0.05, 0.1) is 5.56 Å². The van der Waals surface area contributed by atoms with Crippen LogP contribution in [0.2, 0.25) is 0 Å². The second-order valence-electron chi connectivity index (χ2n) is 3.11. The van der Waals surface area contributed by atoms with Gasteiger partial charge < -0.3 is 5.11 Å². The van der Waals surface area contributed by atoms with E-state index in [2.05, 4.69) is 0 Å². The number of hydrogen-bond acceptors (Lipinski definition) is 2. The van der Waals surface area contributed by atoms with Gasteiger partial charge in [-0.3, -0.25) is 4.79 Å². The number of alkyl halides is 2. The summed E-state index contributed by atoms with van der Waals surface area (Å²) in [6.07, 6.45) is 0. The molecule has 0 saturated carbocycles. The SMILES string of the molecule is Cc1cc(O)c2c(c1)C(F)(F)C2=O. The molecular formula is C9H6F2O2. The maximum Gasteiger partial charge on any atom is 0.335 e. The van der Waals surface area contributed by atoms with Crippen LogP contribution in [0.15, 0.2) is 12.1 Å². The lowest BCUT2D eigenvalue weighted by molar-refractivity contribution is -0.00712. The third kappa shape index (κ3) is 0.826. The fraction of sp³-hybridized carbons (Fsp3) is 0.222. The molecule has 0 aliphatic heterocycles. The molecule has 1 aliphatic carbocycles. The molecule has 2 nitrogen and oxygen atoms in total. The zero-order chi connectivity index (χ0) is 9.80. The second kappa shape index (κ2) is 2.07. The van der Waals surface area contributed by atoms with Gasteiger partial charge in [-0.05, 0) is 24.6 Å². The highest BCUT2D eigenvalue weighted by molar-refractivity contribution is 6.13. The average molecular weight is 184 g/mol. The Hall–Kier alpha value is -1.45. The first-order chi connectivity index (χ1) is 5.94. The number of Topliss-reactive ketones (excluding diaryl/α,β-unsaturated/α-hetero) is 1. The smallest absolute Gasteiger partial charge is 0.335 e. The molecule has 4 heteroatoms. The molecule has 1 aromatic rings. The summed E-state index contributed by atoms with van der Waals surface area (Å²) in [5.74, 6) is -5.05. The topological polar surface area (TPSA) is 37.3 Å². The summed E-state index contributed by atoms with van der Waals surface area (Å²) in [5.41, 5.74) is -0.0889. The summed E-state index contributed by atoms with van der Waals surface area (Å²) in [6, 6.07) is 2.52. The van der Waals surface area contributed by atoms with Gasteiger partial charge in [-0.2, -0.15) is 8.78 Å². The van der Waals surface area contributed by atoms with Crippen LogP contribution in [0.25, 0.3) is 0 Å². The number of fused-ring (bicyclic) bond motifs is 1. The molecule has 0 heterocycles. The van der Waals surface area contributed by atoms with Crippen LogP contribution in [-0.2, 0) is 5.92 Å². The standard InChI is InChI=1S/C9H6F2O2/c1-4-2-5-7(6(12)3-4)8(13)9(5,10)11/h2-3,12H,1H3. The average Bonchev–Trinajstić information content (AvgIpc) is 2.03. The lowest BCUT2D eigenvalue weighted by atomic mass is 9.81. The van der Waals surface area contributed by atoms with Crippen LogP contribution in [0.5, 0.6) is 5.75 Å². The molecule has 0 unspecified atom stereocenters. The van der Waals surface area contributed by atoms with E-state index < -0.39 is 11.7 Å². The third-order valence-corrected chi connectivity index (χ3v) is 2.11. The molecule has 0 saturated heterocycles. The maximum atomic E-state index is 12.8. The van der Waals surface area contributed by atoms with Gasteiger partial charge in [-0.25, -0.2) is 0 Å². The molecule has 68 valence electrons. The Balaban J connectivity index is 2.72. The Labute approximate surface area is 72.8 Å². The predicted octanol–water partition coefficient (Wildman–Crippen LogP) is 1.99. The molecule has 0 bridgehead atoms. The molecule has 13 heavy (non-hydrogen) atoms. The van der Waals surface area contributed by atoms with Crippen LogP contribution < -0.4 is 0 Å². The molecule has 0 atom stereocenters. The van der Waals surface area contributed by atoms with Gasteiger partial charge in [0.25, 0.3) is 0 Å². The Morgan fingerprint density at radius 2 is 2.00 bits per heavy atom. The molecule has 0 amide bonds. The molecular weight excluding hydrogens is 178 g/mol. The van der Waals surface area contributed by atoms with Crippen LogP contribution in [0.4, 0.5) is 8.78 Å². The van der Waals surface area contributed by atoms with E-state index in [0.717, 1.165) is 0 Å². The van der Waals surface area contributed by atoms with E-state index in [1.807, 2.05) is 0 Å². The van der Waals surface area contributed by atoms with Crippen LogP contribution in [0.1, 0.15) is 21.5 Å². The van der Waals surface area contributed by atoms with Gasteiger partial charge in [0.2, 0.25) is 5.78 Å². The van der Waals surface area contributed by atoms with Crippen LogP contribution in [-0.4, -0.2) is 10.9 Å². The zero-order valence-corrected chi connectivity index (χ0v) is 6.77. The Bertz CT molecular complexity index is 410. The minimum Gasteiger partial charge on any atom is -0.507 e. The minimum atomic E-state index is -3.40. The maximum absolute atomic E-state index is 12.8. The Morgan fingerprint density at radius 1 is 1.38 bits per heavy atom. The number of halogens is 2. The van der Waals surface area contributed by atoms with E-state index in [9.17, 15) is 18.7 Å². The molecule has 0 radical (unpaired) electrons. The largest absolute Gasteiger partial charge is 0.507 e. The molecule has 0 fully saturated rings. The number of rotatable bonds is 0. The summed E-state index contributed by atoms with van der Waals surface area (Å²) in [5, 5.41) is 9.18. The summed E-state index contributed by atoms with van der Waals surface area (Å²) < 4.78 is 25.6. The number of phenolic OH excluding ortho intramolecular Hbond substituents is 1. The predicted molar refractivity (Wildman–Crippen MR) is 41.1 cm³/mol. The lowest BCUT2D eigenvalue weighted by Gasteiger charge is -2.28. The van der Waals surface area contributed by atoms with E-state index in [4.69, 9.17) is 0 Å². The molecule has 1 N–H and O–H groups in total. The van der Waals surface area contributed by atoms with Gasteiger partial charge in [0.1, 0.15) is 5.75 Å². The van der Waals surface area contributed by atoms with Crippen molar-refractivity contribution in [2.24, 2.45) is 0 Å². The third-order valence-electron chi connectivity index (χ3n) is 2.11. The van der Waals surface area contributed by atoms with Crippen molar-refractivity contribution in [1.82, 2.24) is 0 Å². The monoisotopic (exact) mass is 184 g/mol. The number of benzene rings is 1. The zero-order valence-electron chi connectivity index (χ0n) is 6.77. The van der Waals surface area contributed by atoms with E-state index in [-0.39, 0.29) is 16.9 Å². The molecule has 2 rings (SSSR count). The van der Waals surface area contributed by atoms with Gasteiger partial charge in [-0.1, -0.05) is 0 Å². The number of carbonyl (C=O) groups is 1. The molecule has 0 aromatic heterocycles. The fourth-order valence-corrected chi connectivity index (χ4v) is 1.47. The van der Waals surface area contributed by atoms with Gasteiger partial charge in [0.15, 0.2) is 0 Å². The van der Waals surface area contributed by atoms with Crippen LogP contribution in [0.3, 0.4) is 0 Å². The van der Waals surface area contributed by atoms with E-state index >= 15 is 0 Å². The van der Waals surface area contributed by atoms with Crippen molar-refractivity contribution in [3.8, 4) is 5.75 Å². The van der Waals surface area contributed by atoms with Gasteiger partial charge in [-0.15, -0.1) is 0 Å². The summed E-state index contributed by atoms with van der Waals surface area (Å²) in [7, 11) is 0. The quantitative estimate of drug-likeness (QED) is 0.669. The first kappa shape index (κ1) is 8.16. The van der Waals surface area contributed by atoms with E-state index in [1.165, 1.54) is 12.1 Å². The first-order valence-electron chi connectivity index (χ1n) is 3.71. The van der Waals surface area contributed by atoms with Crippen LogP contribution >= 0.6 is 0 Å². The summed E-state index contributed by atoms with van der Waals surface area (Å²) in [4.78, 5) is 10.8. The van der Waals surface area contributed by atoms with Crippen molar-refractivity contribution in [1.29, 1.82) is 0 Å². The van der Waals surface area contributed by atoms with Crippen molar-refractivity contribution in [3.05, 3.63) is 28.8 Å². The highest BCUT2D eigenvalue weighted by atomic mass is 19.3. The van der Waals surface area contributed by atoms with Gasteiger partial charge >= 0.3 is 5.92 Å². The number of carbonyl (C=O) groups excluding carboxylic acids is 1. The highest BCUT2D eigenvalue weighted by Gasteiger charge is 2.55. The van der Waals surface area contributed by atoms with E-state index in [0.29, 0.717) is 5.56 Å². The Morgan fingerprint density at radius 3 is 2.62 bits per heavy atom. The van der Waals surface area contributed by atoms with Crippen LogP contribution in [0, 0.1) is 6.92 Å². The van der Waals surface area contributed by atoms with Crippen molar-refractivity contribution >= 4 is 5.78 Å².